The van der Waals surface area contributed by atoms with E-state index in [-0.39, 0.29) is 0 Å². The first-order valence-corrected chi connectivity index (χ1v) is 10.1. The predicted octanol–water partition coefficient (Wildman–Crippen LogP) is 7.51. The fraction of sp³-hybridized carbons (Fsp3) is 0.0455. The highest BCUT2D eigenvalue weighted by Crippen LogP contribution is 2.36. The minimum Gasteiger partial charge on any atom is -0.487 e. The van der Waals surface area contributed by atoms with Gasteiger partial charge in [-0.2, -0.15) is 5.26 Å². The first kappa shape index (κ1) is 19.7. The number of nitrogens with zero attached hydrogens (tertiary/aromatic N) is 1. The van der Waals surface area contributed by atoms with Gasteiger partial charge in [-0.25, -0.2) is 0 Å². The molecule has 0 atom stereocenters. The van der Waals surface area contributed by atoms with E-state index in [1.54, 1.807) is 12.1 Å². The van der Waals surface area contributed by atoms with Gasteiger partial charge in [-0.15, -0.1) is 0 Å². The number of hydrogen-bond acceptors (Lipinski definition) is 2. The lowest BCUT2D eigenvalue weighted by atomic mass is 10.0. The minimum atomic E-state index is 0.435. The van der Waals surface area contributed by atoms with E-state index in [4.69, 9.17) is 16.3 Å². The molecule has 0 amide bonds. The van der Waals surface area contributed by atoms with E-state index in [2.05, 4.69) is 37.9 Å². The van der Waals surface area contributed by atoms with Gasteiger partial charge in [0.05, 0.1) is 16.1 Å². The van der Waals surface area contributed by atoms with E-state index in [1.165, 1.54) is 0 Å². The average molecular weight is 504 g/mol. The lowest BCUT2D eigenvalue weighted by Crippen LogP contribution is -1.98. The summed E-state index contributed by atoms with van der Waals surface area (Å²) >= 11 is 13.0. The quantitative estimate of drug-likeness (QED) is 0.267. The van der Waals surface area contributed by atoms with Crippen molar-refractivity contribution >= 4 is 55.1 Å². The average Bonchev–Trinajstić information content (AvgIpc) is 2.67. The number of halogens is 3. The van der Waals surface area contributed by atoms with Crippen molar-refractivity contribution in [3.8, 4) is 11.8 Å². The van der Waals surface area contributed by atoms with Gasteiger partial charge in [-0.1, -0.05) is 70.0 Å². The summed E-state index contributed by atoms with van der Waals surface area (Å²) in [5.74, 6) is 0.684. The summed E-state index contributed by atoms with van der Waals surface area (Å²) < 4.78 is 7.77. The molecule has 3 aromatic carbocycles. The topological polar surface area (TPSA) is 33.0 Å². The molecule has 0 spiro atoms. The number of allylic oxidation sites excluding steroid dienone is 1. The molecule has 0 heterocycles. The van der Waals surface area contributed by atoms with Crippen LogP contribution in [-0.2, 0) is 6.61 Å². The highest BCUT2D eigenvalue weighted by Gasteiger charge is 2.11. The number of ether oxygens (including phenoxy) is 1. The Morgan fingerprint density at radius 2 is 1.74 bits per heavy atom. The van der Waals surface area contributed by atoms with Crippen LogP contribution < -0.4 is 4.74 Å². The molecule has 2 nitrogen and oxygen atoms in total. The van der Waals surface area contributed by atoms with Crippen molar-refractivity contribution in [2.75, 3.05) is 0 Å². The molecule has 0 aliphatic carbocycles. The predicted molar refractivity (Wildman–Crippen MR) is 118 cm³/mol. The Labute approximate surface area is 180 Å². The summed E-state index contributed by atoms with van der Waals surface area (Å²) in [7, 11) is 0. The third-order valence-corrected chi connectivity index (χ3v) is 5.14. The van der Waals surface area contributed by atoms with E-state index >= 15 is 0 Å². The Kier molecular flexibility index (Phi) is 6.73. The fourth-order valence-electron chi connectivity index (χ4n) is 2.53. The Bertz CT molecular complexity index is 1010. The standard InChI is InChI=1S/C22H14Br2ClNO/c23-19-11-17(10-18(13-26)16-6-8-20(25)9-7-16)22(21(24)12-19)27-14-15-4-2-1-3-5-15/h1-12H,14H2/b18-10-. The van der Waals surface area contributed by atoms with Gasteiger partial charge in [0, 0.05) is 15.1 Å². The second kappa shape index (κ2) is 9.23. The van der Waals surface area contributed by atoms with Crippen LogP contribution in [0.1, 0.15) is 16.7 Å². The van der Waals surface area contributed by atoms with Crippen LogP contribution in [0.2, 0.25) is 5.02 Å². The van der Waals surface area contributed by atoms with Gasteiger partial charge < -0.3 is 4.74 Å². The molecule has 0 aromatic heterocycles. The van der Waals surface area contributed by atoms with Gasteiger partial charge in [0.25, 0.3) is 0 Å². The molecule has 0 aliphatic heterocycles. The summed E-state index contributed by atoms with van der Waals surface area (Å²) in [6, 6.07) is 23.3. The van der Waals surface area contributed by atoms with Crippen LogP contribution in [0.5, 0.6) is 5.75 Å². The van der Waals surface area contributed by atoms with Crippen LogP contribution in [0.15, 0.2) is 75.7 Å². The molecular weight excluding hydrogens is 490 g/mol. The molecule has 0 saturated carbocycles. The van der Waals surface area contributed by atoms with Crippen LogP contribution in [0.3, 0.4) is 0 Å². The monoisotopic (exact) mass is 501 g/mol. The van der Waals surface area contributed by atoms with Crippen molar-refractivity contribution in [1.82, 2.24) is 0 Å². The highest BCUT2D eigenvalue weighted by molar-refractivity contribution is 9.11. The molecule has 0 unspecified atom stereocenters. The Balaban J connectivity index is 1.98. The third-order valence-electron chi connectivity index (χ3n) is 3.84. The largest absolute Gasteiger partial charge is 0.487 e. The molecule has 0 radical (unpaired) electrons. The fourth-order valence-corrected chi connectivity index (χ4v) is 4.03. The normalized spacial score (nSPS) is 11.1. The molecule has 0 bridgehead atoms. The van der Waals surface area contributed by atoms with E-state index in [0.717, 1.165) is 25.6 Å². The van der Waals surface area contributed by atoms with E-state index in [9.17, 15) is 5.26 Å². The van der Waals surface area contributed by atoms with Gasteiger partial charge in [0.2, 0.25) is 0 Å². The molecule has 3 rings (SSSR count). The molecule has 0 N–H and O–H groups in total. The number of benzene rings is 3. The first-order valence-electron chi connectivity index (χ1n) is 8.10. The second-order valence-corrected chi connectivity index (χ2v) is 7.96. The molecule has 0 aliphatic rings. The van der Waals surface area contributed by atoms with Crippen LogP contribution >= 0.6 is 43.5 Å². The van der Waals surface area contributed by atoms with Crippen molar-refractivity contribution < 1.29 is 4.74 Å². The Morgan fingerprint density at radius 1 is 1.04 bits per heavy atom. The van der Waals surface area contributed by atoms with E-state index in [0.29, 0.717) is 23.0 Å². The molecule has 27 heavy (non-hydrogen) atoms. The molecule has 0 fully saturated rings. The maximum Gasteiger partial charge on any atom is 0.141 e. The third kappa shape index (κ3) is 5.23. The van der Waals surface area contributed by atoms with Crippen molar-refractivity contribution in [1.29, 1.82) is 5.26 Å². The minimum absolute atomic E-state index is 0.435. The summed E-state index contributed by atoms with van der Waals surface area (Å²) in [5.41, 5.74) is 3.20. The first-order chi connectivity index (χ1) is 13.1. The van der Waals surface area contributed by atoms with Crippen molar-refractivity contribution in [3.05, 3.63) is 97.4 Å². The summed E-state index contributed by atoms with van der Waals surface area (Å²) in [6.07, 6.45) is 1.82. The zero-order valence-electron chi connectivity index (χ0n) is 14.1. The van der Waals surface area contributed by atoms with Gasteiger partial charge in [-0.3, -0.25) is 0 Å². The SMILES string of the molecule is N#C/C(=C/c1cc(Br)cc(Br)c1OCc1ccccc1)c1ccc(Cl)cc1. The van der Waals surface area contributed by atoms with Crippen molar-refractivity contribution in [2.24, 2.45) is 0 Å². The Hall–Kier alpha value is -2.06. The zero-order chi connectivity index (χ0) is 19.2. The second-order valence-electron chi connectivity index (χ2n) is 5.76. The molecule has 3 aromatic rings. The van der Waals surface area contributed by atoms with E-state index < -0.39 is 0 Å². The lowest BCUT2D eigenvalue weighted by molar-refractivity contribution is 0.303. The summed E-state index contributed by atoms with van der Waals surface area (Å²) in [6.45, 7) is 0.435. The van der Waals surface area contributed by atoms with Crippen LogP contribution in [0.25, 0.3) is 11.6 Å². The van der Waals surface area contributed by atoms with Gasteiger partial charge in [0.15, 0.2) is 0 Å². The van der Waals surface area contributed by atoms with Crippen molar-refractivity contribution in [2.45, 2.75) is 6.61 Å². The zero-order valence-corrected chi connectivity index (χ0v) is 18.1. The lowest BCUT2D eigenvalue weighted by Gasteiger charge is -2.13. The molecule has 5 heteroatoms. The smallest absolute Gasteiger partial charge is 0.141 e. The van der Waals surface area contributed by atoms with Crippen molar-refractivity contribution in [3.63, 3.8) is 0 Å². The molecular formula is C22H14Br2ClNO. The van der Waals surface area contributed by atoms with Gasteiger partial charge in [-0.05, 0) is 57.4 Å². The van der Waals surface area contributed by atoms with Gasteiger partial charge >= 0.3 is 0 Å². The molecule has 134 valence electrons. The summed E-state index contributed by atoms with van der Waals surface area (Å²) in [4.78, 5) is 0. The number of nitriles is 1. The number of rotatable bonds is 5. The molecule has 0 saturated heterocycles. The maximum atomic E-state index is 9.63. The maximum absolute atomic E-state index is 9.63. The van der Waals surface area contributed by atoms with Crippen LogP contribution in [0.4, 0.5) is 0 Å². The number of hydrogen-bond donors (Lipinski definition) is 0. The summed E-state index contributed by atoms with van der Waals surface area (Å²) in [5, 5.41) is 10.3. The van der Waals surface area contributed by atoms with E-state index in [1.807, 2.05) is 60.7 Å². The van der Waals surface area contributed by atoms with Crippen LogP contribution in [0, 0.1) is 11.3 Å². The van der Waals surface area contributed by atoms with Crippen LogP contribution in [-0.4, -0.2) is 0 Å². The van der Waals surface area contributed by atoms with Gasteiger partial charge in [0.1, 0.15) is 12.4 Å². The Morgan fingerprint density at radius 3 is 2.41 bits per heavy atom. The highest BCUT2D eigenvalue weighted by atomic mass is 79.9.